The van der Waals surface area contributed by atoms with Crippen LogP contribution >= 0.6 is 11.3 Å². The van der Waals surface area contributed by atoms with Gasteiger partial charge in [-0.05, 0) is 49.2 Å². The first kappa shape index (κ1) is 13.7. The molecule has 16 heavy (non-hydrogen) atoms. The maximum atomic E-state index is 11.5. The highest BCUT2D eigenvalue weighted by Gasteiger charge is 2.14. The van der Waals surface area contributed by atoms with E-state index >= 15 is 0 Å². The third-order valence-corrected chi connectivity index (χ3v) is 5.39. The van der Waals surface area contributed by atoms with Gasteiger partial charge in [0.25, 0.3) is 0 Å². The molecule has 0 radical (unpaired) electrons. The lowest BCUT2D eigenvalue weighted by molar-refractivity contribution is 0.582. The van der Waals surface area contributed by atoms with Crippen LogP contribution in [0.3, 0.4) is 0 Å². The Morgan fingerprint density at radius 1 is 1.38 bits per heavy atom. The molecule has 0 saturated carbocycles. The SMILES string of the molecule is CC(C)S(=O)(=O)CCNCCc1ccsc1. The van der Waals surface area contributed by atoms with Crippen LogP contribution < -0.4 is 5.32 Å². The molecule has 1 aromatic heterocycles. The van der Waals surface area contributed by atoms with E-state index in [9.17, 15) is 8.42 Å². The maximum Gasteiger partial charge on any atom is 0.153 e. The average Bonchev–Trinajstić information content (AvgIpc) is 2.69. The summed E-state index contributed by atoms with van der Waals surface area (Å²) in [6, 6.07) is 2.09. The molecule has 5 heteroatoms. The second-order valence-corrected chi connectivity index (χ2v) is 7.50. The molecule has 92 valence electrons. The van der Waals surface area contributed by atoms with Crippen LogP contribution in [0.15, 0.2) is 16.8 Å². The molecule has 0 aromatic carbocycles. The Morgan fingerprint density at radius 3 is 2.69 bits per heavy atom. The van der Waals surface area contributed by atoms with E-state index in [1.165, 1.54) is 5.56 Å². The molecule has 3 nitrogen and oxygen atoms in total. The van der Waals surface area contributed by atoms with Crippen molar-refractivity contribution in [1.82, 2.24) is 5.32 Å². The normalized spacial score (nSPS) is 12.2. The molecule has 1 rings (SSSR count). The number of nitrogens with one attached hydrogen (secondary N) is 1. The van der Waals surface area contributed by atoms with Crippen molar-refractivity contribution in [2.24, 2.45) is 0 Å². The molecule has 1 heterocycles. The fraction of sp³-hybridized carbons (Fsp3) is 0.636. The van der Waals surface area contributed by atoms with Gasteiger partial charge in [-0.1, -0.05) is 0 Å². The molecule has 1 N–H and O–H groups in total. The molecule has 0 aliphatic carbocycles. The average molecular weight is 261 g/mol. The van der Waals surface area contributed by atoms with Crippen molar-refractivity contribution in [3.8, 4) is 0 Å². The number of hydrogen-bond acceptors (Lipinski definition) is 4. The first-order valence-corrected chi connectivity index (χ1v) is 8.11. The van der Waals surface area contributed by atoms with Crippen LogP contribution in [0.25, 0.3) is 0 Å². The largest absolute Gasteiger partial charge is 0.315 e. The molecule has 0 spiro atoms. The third-order valence-electron chi connectivity index (χ3n) is 2.45. The van der Waals surface area contributed by atoms with Crippen molar-refractivity contribution < 1.29 is 8.42 Å². The van der Waals surface area contributed by atoms with Crippen molar-refractivity contribution >= 4 is 21.2 Å². The predicted molar refractivity (Wildman–Crippen MR) is 69.8 cm³/mol. The molecule has 0 unspecified atom stereocenters. The second kappa shape index (κ2) is 6.37. The minimum Gasteiger partial charge on any atom is -0.315 e. The molecule has 0 atom stereocenters. The summed E-state index contributed by atoms with van der Waals surface area (Å²) in [5.41, 5.74) is 1.31. The summed E-state index contributed by atoms with van der Waals surface area (Å²) in [4.78, 5) is 0. The first-order valence-electron chi connectivity index (χ1n) is 5.46. The Morgan fingerprint density at radius 2 is 2.12 bits per heavy atom. The lowest BCUT2D eigenvalue weighted by Gasteiger charge is -2.08. The van der Waals surface area contributed by atoms with Gasteiger partial charge in [-0.25, -0.2) is 8.42 Å². The fourth-order valence-electron chi connectivity index (χ4n) is 1.24. The highest BCUT2D eigenvalue weighted by molar-refractivity contribution is 7.92. The first-order chi connectivity index (χ1) is 7.52. The summed E-state index contributed by atoms with van der Waals surface area (Å²) < 4.78 is 23.0. The zero-order chi connectivity index (χ0) is 12.0. The third kappa shape index (κ3) is 4.63. The molecule has 0 aliphatic rings. The van der Waals surface area contributed by atoms with Gasteiger partial charge in [-0.15, -0.1) is 0 Å². The smallest absolute Gasteiger partial charge is 0.153 e. The molecule has 1 aromatic rings. The Bertz CT molecular complexity index is 382. The molecule has 0 fully saturated rings. The Kier molecular flexibility index (Phi) is 5.44. The van der Waals surface area contributed by atoms with Crippen molar-refractivity contribution in [2.45, 2.75) is 25.5 Å². The standard InChI is InChI=1S/C11H19NO2S2/c1-10(2)16(13,14)8-6-12-5-3-11-4-7-15-9-11/h4,7,9-10,12H,3,5-6,8H2,1-2H3. The van der Waals surface area contributed by atoms with Gasteiger partial charge in [-0.2, -0.15) is 11.3 Å². The van der Waals surface area contributed by atoms with E-state index in [0.717, 1.165) is 13.0 Å². The topological polar surface area (TPSA) is 46.2 Å². The fourth-order valence-corrected chi connectivity index (χ4v) is 2.85. The maximum absolute atomic E-state index is 11.5. The van der Waals surface area contributed by atoms with Gasteiger partial charge in [0.15, 0.2) is 9.84 Å². The van der Waals surface area contributed by atoms with Gasteiger partial charge >= 0.3 is 0 Å². The number of hydrogen-bond donors (Lipinski definition) is 1. The Hall–Kier alpha value is -0.390. The van der Waals surface area contributed by atoms with E-state index in [-0.39, 0.29) is 11.0 Å². The van der Waals surface area contributed by atoms with Crippen LogP contribution in [0.4, 0.5) is 0 Å². The van der Waals surface area contributed by atoms with Crippen LogP contribution in [0.2, 0.25) is 0 Å². The second-order valence-electron chi connectivity index (χ2n) is 4.05. The Balaban J connectivity index is 2.13. The van der Waals surface area contributed by atoms with Gasteiger partial charge < -0.3 is 5.32 Å². The van der Waals surface area contributed by atoms with E-state index < -0.39 is 9.84 Å². The van der Waals surface area contributed by atoms with Gasteiger partial charge in [-0.3, -0.25) is 0 Å². The van der Waals surface area contributed by atoms with Crippen molar-refractivity contribution in [2.75, 3.05) is 18.8 Å². The summed E-state index contributed by atoms with van der Waals surface area (Å²) >= 11 is 1.69. The molecule has 0 saturated heterocycles. The highest BCUT2D eigenvalue weighted by atomic mass is 32.2. The van der Waals surface area contributed by atoms with Gasteiger partial charge in [0.2, 0.25) is 0 Å². The molecular weight excluding hydrogens is 242 g/mol. The lowest BCUT2D eigenvalue weighted by Crippen LogP contribution is -2.28. The zero-order valence-corrected chi connectivity index (χ0v) is 11.4. The highest BCUT2D eigenvalue weighted by Crippen LogP contribution is 2.05. The Labute approximate surface area is 102 Å². The van der Waals surface area contributed by atoms with Crippen molar-refractivity contribution in [3.05, 3.63) is 22.4 Å². The zero-order valence-electron chi connectivity index (χ0n) is 9.77. The summed E-state index contributed by atoms with van der Waals surface area (Å²) in [5.74, 6) is 0.230. The summed E-state index contributed by atoms with van der Waals surface area (Å²) in [6.45, 7) is 4.83. The molecule has 0 aliphatic heterocycles. The number of thiophene rings is 1. The van der Waals surface area contributed by atoms with E-state index in [2.05, 4.69) is 22.1 Å². The number of sulfone groups is 1. The van der Waals surface area contributed by atoms with Crippen LogP contribution in [-0.4, -0.2) is 32.5 Å². The summed E-state index contributed by atoms with van der Waals surface area (Å²) in [6.07, 6.45) is 0.964. The van der Waals surface area contributed by atoms with E-state index in [0.29, 0.717) is 6.54 Å². The minimum atomic E-state index is -2.89. The van der Waals surface area contributed by atoms with E-state index in [1.807, 2.05) is 0 Å². The minimum absolute atomic E-state index is 0.230. The van der Waals surface area contributed by atoms with Crippen LogP contribution in [0.5, 0.6) is 0 Å². The van der Waals surface area contributed by atoms with Crippen molar-refractivity contribution in [1.29, 1.82) is 0 Å². The van der Waals surface area contributed by atoms with E-state index in [1.54, 1.807) is 25.2 Å². The monoisotopic (exact) mass is 261 g/mol. The summed E-state index contributed by atoms with van der Waals surface area (Å²) in [5, 5.41) is 7.06. The number of rotatable bonds is 7. The lowest BCUT2D eigenvalue weighted by atomic mass is 10.2. The van der Waals surface area contributed by atoms with Crippen molar-refractivity contribution in [3.63, 3.8) is 0 Å². The van der Waals surface area contributed by atoms with Gasteiger partial charge in [0.1, 0.15) is 0 Å². The summed E-state index contributed by atoms with van der Waals surface area (Å²) in [7, 11) is -2.89. The molecule has 0 bridgehead atoms. The van der Waals surface area contributed by atoms with Crippen LogP contribution in [0.1, 0.15) is 19.4 Å². The van der Waals surface area contributed by atoms with Gasteiger partial charge in [0.05, 0.1) is 11.0 Å². The van der Waals surface area contributed by atoms with Crippen LogP contribution in [-0.2, 0) is 16.3 Å². The molecular formula is C11H19NO2S2. The predicted octanol–water partition coefficient (Wildman–Crippen LogP) is 1.70. The van der Waals surface area contributed by atoms with Crippen LogP contribution in [0, 0.1) is 0 Å². The quantitative estimate of drug-likeness (QED) is 0.760. The van der Waals surface area contributed by atoms with Gasteiger partial charge in [0, 0.05) is 6.54 Å². The van der Waals surface area contributed by atoms with E-state index in [4.69, 9.17) is 0 Å². The molecule has 0 amide bonds.